The molecule has 26 heavy (non-hydrogen) atoms. The highest BCUT2D eigenvalue weighted by Crippen LogP contribution is 2.42. The van der Waals surface area contributed by atoms with Gasteiger partial charge in [0.25, 0.3) is 5.91 Å². The van der Waals surface area contributed by atoms with E-state index < -0.39 is 5.60 Å². The molecule has 0 saturated carbocycles. The zero-order valence-electron chi connectivity index (χ0n) is 14.5. The van der Waals surface area contributed by atoms with Crippen LogP contribution in [0.5, 0.6) is 5.75 Å². The van der Waals surface area contributed by atoms with Crippen molar-refractivity contribution in [1.29, 1.82) is 0 Å². The number of amides is 1. The van der Waals surface area contributed by atoms with Gasteiger partial charge >= 0.3 is 0 Å². The number of aromatic nitrogens is 1. The molecule has 1 aromatic heterocycles. The monoisotopic (exact) mass is 370 g/mol. The fourth-order valence-corrected chi connectivity index (χ4v) is 4.03. The summed E-state index contributed by atoms with van der Waals surface area (Å²) >= 11 is 6.08. The Kier molecular flexibility index (Phi) is 4.19. The number of hydrogen-bond acceptors (Lipinski definition) is 4. The number of Topliss-reactive ketones (excluding diaryl/α,β-unsaturated/α-hetero) is 1. The molecule has 1 aromatic carbocycles. The van der Waals surface area contributed by atoms with E-state index in [-0.39, 0.29) is 11.7 Å². The zero-order chi connectivity index (χ0) is 18.3. The van der Waals surface area contributed by atoms with Crippen LogP contribution in [0.2, 0.25) is 5.02 Å². The molecule has 1 spiro atoms. The number of nitrogens with zero attached hydrogens (tertiary/aromatic N) is 2. The number of likely N-dealkylation sites (tertiary alicyclic amines) is 1. The third kappa shape index (κ3) is 2.97. The van der Waals surface area contributed by atoms with Gasteiger partial charge in [0.1, 0.15) is 17.0 Å². The van der Waals surface area contributed by atoms with Crippen LogP contribution in [0.15, 0.2) is 36.5 Å². The van der Waals surface area contributed by atoms with Crippen LogP contribution in [0.3, 0.4) is 0 Å². The number of ether oxygens (including phenoxy) is 1. The van der Waals surface area contributed by atoms with Crippen molar-refractivity contribution in [3.05, 3.63) is 58.4 Å². The molecule has 134 valence electrons. The maximum atomic E-state index is 12.7. The Morgan fingerprint density at radius 1 is 1.27 bits per heavy atom. The number of hydrogen-bond donors (Lipinski definition) is 0. The Hall–Kier alpha value is -2.40. The van der Waals surface area contributed by atoms with Crippen molar-refractivity contribution in [2.45, 2.75) is 31.8 Å². The van der Waals surface area contributed by atoms with Crippen molar-refractivity contribution in [2.24, 2.45) is 0 Å². The van der Waals surface area contributed by atoms with Gasteiger partial charge in [-0.1, -0.05) is 17.7 Å². The third-order valence-corrected chi connectivity index (χ3v) is 5.41. The number of piperidine rings is 1. The molecular formula is C20H19ClN2O3. The van der Waals surface area contributed by atoms with Crippen molar-refractivity contribution in [1.82, 2.24) is 9.88 Å². The van der Waals surface area contributed by atoms with Crippen LogP contribution >= 0.6 is 11.6 Å². The summed E-state index contributed by atoms with van der Waals surface area (Å²) in [5, 5.41) is 0.546. The number of halogens is 1. The predicted octanol–water partition coefficient (Wildman–Crippen LogP) is 3.68. The summed E-state index contributed by atoms with van der Waals surface area (Å²) < 4.78 is 6.32. The number of ketones is 1. The summed E-state index contributed by atoms with van der Waals surface area (Å²) in [4.78, 5) is 31.2. The standard InChI is InChI=1S/C20H19ClN2O3/c1-13-10-14(21)11-15-17(24)12-20(26-18(13)15)5-8-23(9-6-20)19(25)16-4-2-3-7-22-16/h2-4,7,10-11H,5-6,8-9,12H2,1H3. The fraction of sp³-hybridized carbons (Fsp3) is 0.350. The van der Waals surface area contributed by atoms with E-state index in [0.717, 1.165) is 5.56 Å². The Bertz CT molecular complexity index is 874. The number of pyridine rings is 1. The van der Waals surface area contributed by atoms with Crippen LogP contribution in [-0.2, 0) is 0 Å². The molecule has 4 rings (SSSR count). The molecule has 1 saturated heterocycles. The van der Waals surface area contributed by atoms with Gasteiger partial charge in [-0.2, -0.15) is 0 Å². The highest BCUT2D eigenvalue weighted by atomic mass is 35.5. The van der Waals surface area contributed by atoms with Crippen LogP contribution in [0.4, 0.5) is 0 Å². The van der Waals surface area contributed by atoms with E-state index in [1.807, 2.05) is 13.0 Å². The van der Waals surface area contributed by atoms with Gasteiger partial charge < -0.3 is 9.64 Å². The molecule has 0 aliphatic carbocycles. The van der Waals surface area contributed by atoms with Gasteiger partial charge in [0.2, 0.25) is 0 Å². The Morgan fingerprint density at radius 2 is 2.04 bits per heavy atom. The van der Waals surface area contributed by atoms with E-state index in [1.54, 1.807) is 35.4 Å². The summed E-state index contributed by atoms with van der Waals surface area (Å²) in [6.07, 6.45) is 3.19. The lowest BCUT2D eigenvalue weighted by Crippen LogP contribution is -2.52. The van der Waals surface area contributed by atoms with Crippen LogP contribution in [0.25, 0.3) is 0 Å². The lowest BCUT2D eigenvalue weighted by atomic mass is 9.82. The predicted molar refractivity (Wildman–Crippen MR) is 97.9 cm³/mol. The topological polar surface area (TPSA) is 59.5 Å². The third-order valence-electron chi connectivity index (χ3n) is 5.19. The minimum Gasteiger partial charge on any atom is -0.486 e. The van der Waals surface area contributed by atoms with Crippen molar-refractivity contribution in [2.75, 3.05) is 13.1 Å². The fourth-order valence-electron chi connectivity index (χ4n) is 3.76. The van der Waals surface area contributed by atoms with Gasteiger partial charge in [0.15, 0.2) is 5.78 Å². The average molecular weight is 371 g/mol. The van der Waals surface area contributed by atoms with Crippen LogP contribution < -0.4 is 4.74 Å². The first kappa shape index (κ1) is 17.0. The molecule has 1 fully saturated rings. The Labute approximate surface area is 156 Å². The van der Waals surface area contributed by atoms with Gasteiger partial charge in [-0.05, 0) is 36.8 Å². The van der Waals surface area contributed by atoms with E-state index in [1.165, 1.54) is 0 Å². The highest BCUT2D eigenvalue weighted by molar-refractivity contribution is 6.31. The number of rotatable bonds is 1. The Morgan fingerprint density at radius 3 is 2.73 bits per heavy atom. The lowest BCUT2D eigenvalue weighted by molar-refractivity contribution is -0.00630. The first-order chi connectivity index (χ1) is 12.5. The van der Waals surface area contributed by atoms with E-state index in [9.17, 15) is 9.59 Å². The second-order valence-electron chi connectivity index (χ2n) is 6.99. The van der Waals surface area contributed by atoms with Crippen LogP contribution in [0, 0.1) is 6.92 Å². The van der Waals surface area contributed by atoms with Gasteiger partial charge in [0, 0.05) is 37.2 Å². The normalized spacial score (nSPS) is 18.4. The molecule has 0 atom stereocenters. The van der Waals surface area contributed by atoms with Crippen molar-refractivity contribution < 1.29 is 14.3 Å². The number of aryl methyl sites for hydroxylation is 1. The molecule has 5 nitrogen and oxygen atoms in total. The largest absolute Gasteiger partial charge is 0.486 e. The molecule has 0 bridgehead atoms. The summed E-state index contributed by atoms with van der Waals surface area (Å²) in [6, 6.07) is 8.80. The quantitative estimate of drug-likeness (QED) is 0.768. The molecule has 3 heterocycles. The van der Waals surface area contributed by atoms with E-state index in [0.29, 0.717) is 54.4 Å². The first-order valence-corrected chi connectivity index (χ1v) is 9.08. The maximum Gasteiger partial charge on any atom is 0.272 e. The minimum atomic E-state index is -0.538. The van der Waals surface area contributed by atoms with Crippen LogP contribution in [-0.4, -0.2) is 40.3 Å². The summed E-state index contributed by atoms with van der Waals surface area (Å²) in [5.74, 6) is 0.613. The molecule has 2 aliphatic heterocycles. The molecule has 1 amide bonds. The van der Waals surface area contributed by atoms with Crippen molar-refractivity contribution in [3.63, 3.8) is 0 Å². The first-order valence-electron chi connectivity index (χ1n) is 8.70. The molecule has 0 N–H and O–H groups in total. The number of carbonyl (C=O) groups excluding carboxylic acids is 2. The van der Waals surface area contributed by atoms with E-state index in [4.69, 9.17) is 16.3 Å². The van der Waals surface area contributed by atoms with Crippen molar-refractivity contribution in [3.8, 4) is 5.75 Å². The van der Waals surface area contributed by atoms with E-state index in [2.05, 4.69) is 4.98 Å². The van der Waals surface area contributed by atoms with Crippen LogP contribution in [0.1, 0.15) is 45.7 Å². The molecule has 2 aromatic rings. The number of fused-ring (bicyclic) bond motifs is 1. The zero-order valence-corrected chi connectivity index (χ0v) is 15.3. The van der Waals surface area contributed by atoms with Crippen molar-refractivity contribution >= 4 is 23.3 Å². The number of carbonyl (C=O) groups is 2. The smallest absolute Gasteiger partial charge is 0.272 e. The molecule has 6 heteroatoms. The lowest BCUT2D eigenvalue weighted by Gasteiger charge is -2.44. The molecule has 2 aliphatic rings. The summed E-state index contributed by atoms with van der Waals surface area (Å²) in [6.45, 7) is 2.99. The molecule has 0 radical (unpaired) electrons. The molecular weight excluding hydrogens is 352 g/mol. The van der Waals surface area contributed by atoms with Gasteiger partial charge in [-0.25, -0.2) is 0 Å². The average Bonchev–Trinajstić information content (AvgIpc) is 2.64. The highest BCUT2D eigenvalue weighted by Gasteiger charge is 2.44. The number of benzene rings is 1. The molecule has 0 unspecified atom stereocenters. The maximum absolute atomic E-state index is 12.7. The SMILES string of the molecule is Cc1cc(Cl)cc2c1OC1(CCN(C(=O)c3ccccn3)CC1)CC2=O. The van der Waals surface area contributed by atoms with Gasteiger partial charge in [-0.3, -0.25) is 14.6 Å². The second-order valence-corrected chi connectivity index (χ2v) is 7.43. The Balaban J connectivity index is 1.52. The van der Waals surface area contributed by atoms with Gasteiger partial charge in [-0.15, -0.1) is 0 Å². The summed E-state index contributed by atoms with van der Waals surface area (Å²) in [5.41, 5.74) is 1.34. The minimum absolute atomic E-state index is 0.0568. The summed E-state index contributed by atoms with van der Waals surface area (Å²) in [7, 11) is 0. The van der Waals surface area contributed by atoms with E-state index >= 15 is 0 Å². The van der Waals surface area contributed by atoms with Gasteiger partial charge in [0.05, 0.1) is 12.0 Å². The second kappa shape index (κ2) is 6.40.